The maximum absolute atomic E-state index is 11.9. The molecule has 0 aromatic heterocycles. The van der Waals surface area contributed by atoms with Crippen molar-refractivity contribution < 1.29 is 24.2 Å². The van der Waals surface area contributed by atoms with E-state index in [-0.39, 0.29) is 18.8 Å². The summed E-state index contributed by atoms with van der Waals surface area (Å²) < 4.78 is 11.1. The molecule has 0 radical (unpaired) electrons. The van der Waals surface area contributed by atoms with Gasteiger partial charge in [0.15, 0.2) is 0 Å². The monoisotopic (exact) mass is 313 g/mol. The van der Waals surface area contributed by atoms with Gasteiger partial charge in [-0.2, -0.15) is 0 Å². The van der Waals surface area contributed by atoms with Crippen LogP contribution in [-0.4, -0.2) is 53.5 Å². The number of carbonyl (C=O) groups is 2. The predicted molar refractivity (Wildman–Crippen MR) is 80.7 cm³/mol. The van der Waals surface area contributed by atoms with Crippen molar-refractivity contribution in [2.24, 2.45) is 0 Å². The minimum Gasteiger partial charge on any atom is -0.480 e. The lowest BCUT2D eigenvalue weighted by atomic mass is 9.98. The van der Waals surface area contributed by atoms with Crippen molar-refractivity contribution in [3.8, 4) is 0 Å². The maximum Gasteiger partial charge on any atom is 0.410 e. The number of carboxylic acid groups (broad SMARTS) is 1. The molecule has 6 heteroatoms. The van der Waals surface area contributed by atoms with E-state index in [4.69, 9.17) is 9.47 Å². The van der Waals surface area contributed by atoms with E-state index in [9.17, 15) is 14.7 Å². The average molecular weight is 313 g/mol. The van der Waals surface area contributed by atoms with Gasteiger partial charge in [0.25, 0.3) is 0 Å². The minimum atomic E-state index is -0.989. The van der Waals surface area contributed by atoms with Crippen LogP contribution in [0.4, 0.5) is 4.79 Å². The Hall–Kier alpha value is -1.30. The fraction of sp³-hybridized carbons (Fsp3) is 0.875. The standard InChI is InChI=1S/C16H27NO5/c1-2-21-16(20)17-11-13(10-14(17)15(18)19)22-12-8-6-4-3-5-7-9-12/h12-14H,2-11H2,1H3,(H,18,19)/t13-,14+/m1/s1. The number of nitrogens with zero attached hydrogens (tertiary/aromatic N) is 1. The first kappa shape index (κ1) is 17.1. The Kier molecular flexibility index (Phi) is 6.49. The molecule has 2 rings (SSSR count). The van der Waals surface area contributed by atoms with E-state index in [0.717, 1.165) is 12.8 Å². The Balaban J connectivity index is 1.91. The molecule has 126 valence electrons. The molecule has 0 spiro atoms. The van der Waals surface area contributed by atoms with Crippen LogP contribution in [-0.2, 0) is 14.3 Å². The number of aliphatic carboxylic acids is 1. The predicted octanol–water partition coefficient (Wildman–Crippen LogP) is 2.80. The molecule has 0 aromatic carbocycles. The first-order chi connectivity index (χ1) is 10.6. The molecule has 1 N–H and O–H groups in total. The summed E-state index contributed by atoms with van der Waals surface area (Å²) in [5, 5.41) is 9.30. The fourth-order valence-corrected chi connectivity index (χ4v) is 3.37. The largest absolute Gasteiger partial charge is 0.480 e. The summed E-state index contributed by atoms with van der Waals surface area (Å²) in [6.45, 7) is 2.27. The summed E-state index contributed by atoms with van der Waals surface area (Å²) in [6.07, 6.45) is 7.99. The minimum absolute atomic E-state index is 0.196. The highest BCUT2D eigenvalue weighted by atomic mass is 16.6. The Morgan fingerprint density at radius 1 is 1.09 bits per heavy atom. The van der Waals surface area contributed by atoms with E-state index >= 15 is 0 Å². The van der Waals surface area contributed by atoms with Crippen LogP contribution in [0.3, 0.4) is 0 Å². The maximum atomic E-state index is 11.9. The molecule has 1 amide bonds. The summed E-state index contributed by atoms with van der Waals surface area (Å²) >= 11 is 0. The topological polar surface area (TPSA) is 76.1 Å². The number of carboxylic acids is 1. The van der Waals surface area contributed by atoms with Gasteiger partial charge in [0, 0.05) is 6.42 Å². The van der Waals surface area contributed by atoms with Crippen molar-refractivity contribution in [1.29, 1.82) is 0 Å². The van der Waals surface area contributed by atoms with Crippen LogP contribution in [0.25, 0.3) is 0 Å². The third kappa shape index (κ3) is 4.60. The third-order valence-corrected chi connectivity index (χ3v) is 4.49. The Morgan fingerprint density at radius 3 is 2.32 bits per heavy atom. The van der Waals surface area contributed by atoms with Crippen LogP contribution in [0.2, 0.25) is 0 Å². The summed E-state index contributed by atoms with van der Waals surface area (Å²) in [4.78, 5) is 24.5. The Bertz CT molecular complexity index is 379. The summed E-state index contributed by atoms with van der Waals surface area (Å²) in [5.41, 5.74) is 0. The molecule has 0 bridgehead atoms. The number of ether oxygens (including phenoxy) is 2. The molecule has 6 nitrogen and oxygen atoms in total. The Labute approximate surface area is 131 Å². The van der Waals surface area contributed by atoms with Crippen molar-refractivity contribution in [2.75, 3.05) is 13.2 Å². The van der Waals surface area contributed by atoms with Gasteiger partial charge in [0.1, 0.15) is 6.04 Å². The molecule has 1 saturated carbocycles. The van der Waals surface area contributed by atoms with Crippen molar-refractivity contribution >= 4 is 12.1 Å². The van der Waals surface area contributed by atoms with Crippen LogP contribution in [0.15, 0.2) is 0 Å². The first-order valence-electron chi connectivity index (χ1n) is 8.43. The van der Waals surface area contributed by atoms with E-state index in [0.29, 0.717) is 13.0 Å². The number of rotatable bonds is 4. The molecule has 2 atom stereocenters. The van der Waals surface area contributed by atoms with Crippen LogP contribution in [0, 0.1) is 0 Å². The number of hydrogen-bond acceptors (Lipinski definition) is 4. The van der Waals surface area contributed by atoms with Gasteiger partial charge in [-0.1, -0.05) is 32.1 Å². The van der Waals surface area contributed by atoms with Crippen LogP contribution in [0.5, 0.6) is 0 Å². The molecule has 1 heterocycles. The highest BCUT2D eigenvalue weighted by Crippen LogP contribution is 2.26. The van der Waals surface area contributed by atoms with Gasteiger partial charge < -0.3 is 14.6 Å². The average Bonchev–Trinajstić information content (AvgIpc) is 2.86. The van der Waals surface area contributed by atoms with Gasteiger partial charge in [-0.05, 0) is 19.8 Å². The van der Waals surface area contributed by atoms with Crippen molar-refractivity contribution in [1.82, 2.24) is 4.90 Å². The van der Waals surface area contributed by atoms with E-state index in [1.807, 2.05) is 0 Å². The zero-order valence-corrected chi connectivity index (χ0v) is 13.3. The first-order valence-corrected chi connectivity index (χ1v) is 8.43. The van der Waals surface area contributed by atoms with Crippen LogP contribution in [0.1, 0.15) is 58.3 Å². The fourth-order valence-electron chi connectivity index (χ4n) is 3.37. The second kappa shape index (κ2) is 8.36. The zero-order valence-electron chi connectivity index (χ0n) is 13.3. The third-order valence-electron chi connectivity index (χ3n) is 4.49. The molecule has 1 aliphatic carbocycles. The Morgan fingerprint density at radius 2 is 1.73 bits per heavy atom. The number of likely N-dealkylation sites (tertiary alicyclic amines) is 1. The smallest absolute Gasteiger partial charge is 0.410 e. The molecule has 0 aromatic rings. The number of carbonyl (C=O) groups excluding carboxylic acids is 1. The lowest BCUT2D eigenvalue weighted by molar-refractivity contribution is -0.141. The van der Waals surface area contributed by atoms with Gasteiger partial charge in [-0.25, -0.2) is 9.59 Å². The van der Waals surface area contributed by atoms with E-state index < -0.39 is 18.1 Å². The summed E-state index contributed by atoms with van der Waals surface area (Å²) in [5.74, 6) is -0.989. The highest BCUT2D eigenvalue weighted by Gasteiger charge is 2.41. The molecule has 1 aliphatic heterocycles. The molecular weight excluding hydrogens is 286 g/mol. The molecule has 2 aliphatic rings. The number of hydrogen-bond donors (Lipinski definition) is 1. The lowest BCUT2D eigenvalue weighted by Crippen LogP contribution is -2.41. The molecule has 0 unspecified atom stereocenters. The normalized spacial score (nSPS) is 27.2. The van der Waals surface area contributed by atoms with Crippen LogP contribution >= 0.6 is 0 Å². The van der Waals surface area contributed by atoms with E-state index in [2.05, 4.69) is 0 Å². The van der Waals surface area contributed by atoms with Gasteiger partial charge >= 0.3 is 12.1 Å². The number of amides is 1. The van der Waals surface area contributed by atoms with Gasteiger partial charge in [-0.3, -0.25) is 4.90 Å². The quantitative estimate of drug-likeness (QED) is 0.863. The molecule has 2 fully saturated rings. The molecule has 1 saturated heterocycles. The van der Waals surface area contributed by atoms with Crippen LogP contribution < -0.4 is 0 Å². The molecular formula is C16H27NO5. The van der Waals surface area contributed by atoms with Gasteiger partial charge in [0.05, 0.1) is 25.4 Å². The highest BCUT2D eigenvalue weighted by molar-refractivity contribution is 5.80. The van der Waals surface area contributed by atoms with Gasteiger partial charge in [-0.15, -0.1) is 0 Å². The zero-order chi connectivity index (χ0) is 15.9. The van der Waals surface area contributed by atoms with Crippen molar-refractivity contribution in [2.45, 2.75) is 76.5 Å². The second-order valence-corrected chi connectivity index (χ2v) is 6.17. The summed E-state index contributed by atoms with van der Waals surface area (Å²) in [6, 6.07) is -0.836. The van der Waals surface area contributed by atoms with Gasteiger partial charge in [0.2, 0.25) is 0 Å². The molecule has 22 heavy (non-hydrogen) atoms. The second-order valence-electron chi connectivity index (χ2n) is 6.17. The lowest BCUT2D eigenvalue weighted by Gasteiger charge is -2.24. The summed E-state index contributed by atoms with van der Waals surface area (Å²) in [7, 11) is 0. The van der Waals surface area contributed by atoms with Crippen molar-refractivity contribution in [3.05, 3.63) is 0 Å². The van der Waals surface area contributed by atoms with Crippen molar-refractivity contribution in [3.63, 3.8) is 0 Å². The van der Waals surface area contributed by atoms with E-state index in [1.165, 1.54) is 37.0 Å². The van der Waals surface area contributed by atoms with E-state index in [1.54, 1.807) is 6.92 Å². The SMILES string of the molecule is CCOC(=O)N1C[C@H](OC2CCCCCCC2)C[C@H]1C(=O)O.